The molecule has 0 aromatic rings. The van der Waals surface area contributed by atoms with Crippen LogP contribution in [-0.2, 0) is 32.7 Å². The van der Waals surface area contributed by atoms with E-state index in [1.54, 1.807) is 0 Å². The second kappa shape index (κ2) is 72.5. The summed E-state index contributed by atoms with van der Waals surface area (Å²) in [6.07, 6.45) is 94.2. The van der Waals surface area contributed by atoms with Gasteiger partial charge in [0.1, 0.15) is 19.8 Å². The third kappa shape index (κ3) is 77.1. The number of likely N-dealkylation sites (N-methyl/N-ethyl adjacent to an activating group) is 1. The Hall–Kier alpha value is -1.77. The number of phosphoric acid groups is 1. The smallest absolute Gasteiger partial charge is 0.306 e. The summed E-state index contributed by atoms with van der Waals surface area (Å²) in [6.45, 7) is 4.32. The normalized spacial score (nSPS) is 13.2. The molecular formula is C81H156NO8P. The molecular weight excluding hydrogens is 1150 g/mol. The maximum absolute atomic E-state index is 12.9. The quantitative estimate of drug-likeness (QED) is 0.0195. The number of allylic oxidation sites excluding steroid dienone is 6. The molecule has 2 unspecified atom stereocenters. The van der Waals surface area contributed by atoms with E-state index in [9.17, 15) is 19.0 Å². The van der Waals surface area contributed by atoms with Crippen LogP contribution in [0.25, 0.3) is 0 Å². The molecule has 0 aliphatic carbocycles. The molecule has 2 atom stereocenters. The summed E-state index contributed by atoms with van der Waals surface area (Å²) in [5, 5.41) is 0. The van der Waals surface area contributed by atoms with E-state index in [0.29, 0.717) is 17.4 Å². The Kier molecular flexibility index (Phi) is 71.1. The van der Waals surface area contributed by atoms with Gasteiger partial charge in [-0.3, -0.25) is 14.2 Å². The van der Waals surface area contributed by atoms with Crippen molar-refractivity contribution in [2.45, 2.75) is 424 Å². The number of carbonyl (C=O) groups excluding carboxylic acids is 2. The lowest BCUT2D eigenvalue weighted by molar-refractivity contribution is -0.870. The molecule has 0 radical (unpaired) electrons. The maximum atomic E-state index is 12.9. The third-order valence-corrected chi connectivity index (χ3v) is 19.4. The first-order valence-electron chi connectivity index (χ1n) is 40.2. The first-order chi connectivity index (χ1) is 44.5. The van der Waals surface area contributed by atoms with Gasteiger partial charge < -0.3 is 27.9 Å². The predicted molar refractivity (Wildman–Crippen MR) is 393 cm³/mol. The molecule has 10 heteroatoms. The Morgan fingerprint density at radius 1 is 0.341 bits per heavy atom. The van der Waals surface area contributed by atoms with E-state index < -0.39 is 26.5 Å². The number of carbonyl (C=O) groups is 2. The molecule has 0 heterocycles. The summed E-state index contributed by atoms with van der Waals surface area (Å²) >= 11 is 0. The van der Waals surface area contributed by atoms with Gasteiger partial charge in [-0.25, -0.2) is 0 Å². The van der Waals surface area contributed by atoms with E-state index in [0.717, 1.165) is 44.9 Å². The molecule has 0 aliphatic rings. The van der Waals surface area contributed by atoms with Crippen LogP contribution in [0.15, 0.2) is 36.5 Å². The number of ether oxygens (including phenoxy) is 2. The highest BCUT2D eigenvalue weighted by atomic mass is 31.2. The molecule has 9 nitrogen and oxygen atoms in total. The van der Waals surface area contributed by atoms with Crippen molar-refractivity contribution in [2.24, 2.45) is 0 Å². The molecule has 0 aliphatic heterocycles. The molecule has 0 bridgehead atoms. The summed E-state index contributed by atoms with van der Waals surface area (Å²) in [5.74, 6) is -0.805. The van der Waals surface area contributed by atoms with Crippen LogP contribution in [-0.4, -0.2) is 70.0 Å². The number of rotatable bonds is 76. The maximum Gasteiger partial charge on any atom is 0.306 e. The number of hydrogen-bond donors (Lipinski definition) is 0. The fourth-order valence-corrected chi connectivity index (χ4v) is 13.0. The molecule has 91 heavy (non-hydrogen) atoms. The van der Waals surface area contributed by atoms with Crippen LogP contribution < -0.4 is 4.89 Å². The highest BCUT2D eigenvalue weighted by molar-refractivity contribution is 7.45. The standard InChI is InChI=1S/C81H156NO8P/c1-6-8-10-12-14-16-18-20-22-24-26-28-30-32-34-35-36-37-38-39-40-41-42-43-44-45-46-47-48-50-52-54-56-58-60-62-64-66-68-70-72-74-81(84)90-79(78-89-91(85,86)88-76-75-82(3,4)5)77-87-80(83)73-71-69-67-65-63-61-59-57-55-53-51-49-33-31-29-27-25-23-21-19-17-15-13-11-9-7-2/h18,20,24,26,30,32,79H,6-17,19,21-23,25,27-29,31,33-78H2,1-5H3/b20-18-,26-24-,32-30-. The number of phosphoric ester groups is 1. The molecule has 0 spiro atoms. The van der Waals surface area contributed by atoms with Crippen molar-refractivity contribution in [3.63, 3.8) is 0 Å². The summed E-state index contributed by atoms with van der Waals surface area (Å²) in [6, 6.07) is 0. The lowest BCUT2D eigenvalue weighted by Crippen LogP contribution is -2.37. The highest BCUT2D eigenvalue weighted by Gasteiger charge is 2.22. The Bertz CT molecular complexity index is 1630. The van der Waals surface area contributed by atoms with Gasteiger partial charge in [0.25, 0.3) is 7.82 Å². The highest BCUT2D eigenvalue weighted by Crippen LogP contribution is 2.38. The van der Waals surface area contributed by atoms with Crippen LogP contribution in [0.4, 0.5) is 0 Å². The number of esters is 2. The summed E-state index contributed by atoms with van der Waals surface area (Å²) < 4.78 is 34.4. The Balaban J connectivity index is 3.87. The van der Waals surface area contributed by atoms with Crippen molar-refractivity contribution in [3.8, 4) is 0 Å². The summed E-state index contributed by atoms with van der Waals surface area (Å²) in [5.41, 5.74) is 0. The zero-order chi connectivity index (χ0) is 66.2. The number of unbranched alkanes of at least 4 members (excludes halogenated alkanes) is 56. The van der Waals surface area contributed by atoms with Gasteiger partial charge in [0, 0.05) is 12.8 Å². The molecule has 538 valence electrons. The van der Waals surface area contributed by atoms with Crippen LogP contribution in [0.2, 0.25) is 0 Å². The Labute approximate surface area is 567 Å². The number of quaternary nitrogens is 1. The average Bonchev–Trinajstić information content (AvgIpc) is 3.69. The lowest BCUT2D eigenvalue weighted by Gasteiger charge is -2.28. The Morgan fingerprint density at radius 2 is 0.593 bits per heavy atom. The van der Waals surface area contributed by atoms with Crippen molar-refractivity contribution in [1.29, 1.82) is 0 Å². The average molecular weight is 1300 g/mol. The summed E-state index contributed by atoms with van der Waals surface area (Å²) in [7, 11) is 1.19. The monoisotopic (exact) mass is 1300 g/mol. The van der Waals surface area contributed by atoms with E-state index >= 15 is 0 Å². The molecule has 0 N–H and O–H groups in total. The minimum Gasteiger partial charge on any atom is -0.756 e. The predicted octanol–water partition coefficient (Wildman–Crippen LogP) is 25.9. The van der Waals surface area contributed by atoms with Crippen molar-refractivity contribution in [3.05, 3.63) is 36.5 Å². The fourth-order valence-electron chi connectivity index (χ4n) is 12.3. The van der Waals surface area contributed by atoms with E-state index in [2.05, 4.69) is 50.3 Å². The van der Waals surface area contributed by atoms with E-state index in [1.165, 1.54) is 340 Å². The van der Waals surface area contributed by atoms with Crippen LogP contribution >= 0.6 is 7.82 Å². The first-order valence-corrected chi connectivity index (χ1v) is 41.7. The minimum absolute atomic E-state index is 0.0265. The second-order valence-corrected chi connectivity index (χ2v) is 30.2. The van der Waals surface area contributed by atoms with Gasteiger partial charge in [-0.1, -0.05) is 391 Å². The van der Waals surface area contributed by atoms with Crippen molar-refractivity contribution >= 4 is 19.8 Å². The fraction of sp³-hybridized carbons (Fsp3) is 0.901. The van der Waals surface area contributed by atoms with Gasteiger partial charge in [0.2, 0.25) is 0 Å². The van der Waals surface area contributed by atoms with Gasteiger partial charge in [-0.05, 0) is 51.4 Å². The van der Waals surface area contributed by atoms with Crippen molar-refractivity contribution in [1.82, 2.24) is 0 Å². The molecule has 0 aromatic heterocycles. The number of nitrogens with zero attached hydrogens (tertiary/aromatic N) is 1. The zero-order valence-electron chi connectivity index (χ0n) is 61.6. The molecule has 0 aromatic carbocycles. The van der Waals surface area contributed by atoms with Crippen LogP contribution in [0, 0.1) is 0 Å². The molecule has 0 saturated heterocycles. The van der Waals surface area contributed by atoms with E-state index in [-0.39, 0.29) is 32.0 Å². The first kappa shape index (κ1) is 89.2. The molecule has 0 saturated carbocycles. The van der Waals surface area contributed by atoms with Gasteiger partial charge >= 0.3 is 11.9 Å². The lowest BCUT2D eigenvalue weighted by atomic mass is 10.0. The van der Waals surface area contributed by atoms with E-state index in [1.807, 2.05) is 21.1 Å². The SMILES string of the molecule is CCCCCCC/C=C\C/C=C\C/C=C\CCCCCCCCCCCCCCCCCCCCCCCCCCCCC(=O)OC(COC(=O)CCCCCCCCCCCCCCCCCCCCCCCCCCCC)COP(=O)([O-])OCC[N+](C)(C)C. The van der Waals surface area contributed by atoms with Gasteiger partial charge in [0.15, 0.2) is 6.10 Å². The molecule has 0 fully saturated rings. The Morgan fingerprint density at radius 3 is 0.879 bits per heavy atom. The van der Waals surface area contributed by atoms with Crippen LogP contribution in [0.5, 0.6) is 0 Å². The van der Waals surface area contributed by atoms with Crippen LogP contribution in [0.1, 0.15) is 418 Å². The van der Waals surface area contributed by atoms with Crippen molar-refractivity contribution < 1.29 is 42.1 Å². The number of hydrogen-bond acceptors (Lipinski definition) is 8. The van der Waals surface area contributed by atoms with Crippen molar-refractivity contribution in [2.75, 3.05) is 47.5 Å². The molecule has 0 rings (SSSR count). The van der Waals surface area contributed by atoms with Crippen LogP contribution in [0.3, 0.4) is 0 Å². The zero-order valence-corrected chi connectivity index (χ0v) is 62.5. The van der Waals surface area contributed by atoms with Gasteiger partial charge in [-0.2, -0.15) is 0 Å². The largest absolute Gasteiger partial charge is 0.756 e. The van der Waals surface area contributed by atoms with E-state index in [4.69, 9.17) is 18.5 Å². The third-order valence-electron chi connectivity index (χ3n) is 18.4. The topological polar surface area (TPSA) is 111 Å². The minimum atomic E-state index is -4.64. The summed E-state index contributed by atoms with van der Waals surface area (Å²) in [4.78, 5) is 38.2. The van der Waals surface area contributed by atoms with Gasteiger partial charge in [-0.15, -0.1) is 0 Å². The molecule has 0 amide bonds. The van der Waals surface area contributed by atoms with Gasteiger partial charge in [0.05, 0.1) is 27.7 Å². The second-order valence-electron chi connectivity index (χ2n) is 28.8.